The van der Waals surface area contributed by atoms with Crippen LogP contribution in [0.2, 0.25) is 0 Å². The molecule has 0 saturated carbocycles. The number of hydrogen-bond acceptors (Lipinski definition) is 4. The first-order chi connectivity index (χ1) is 7.95. The minimum atomic E-state index is -3.53. The minimum Gasteiger partial charge on any atom is -0.398 e. The van der Waals surface area contributed by atoms with Crippen molar-refractivity contribution >= 4 is 31.6 Å². The van der Waals surface area contributed by atoms with Crippen molar-refractivity contribution in [2.24, 2.45) is 5.92 Å². The lowest BCUT2D eigenvalue weighted by molar-refractivity contribution is 0.117. The number of hydrogen-bond donors (Lipinski definition) is 2. The van der Waals surface area contributed by atoms with E-state index in [2.05, 4.69) is 15.9 Å². The van der Waals surface area contributed by atoms with Crippen LogP contribution in [-0.4, -0.2) is 37.5 Å². The highest BCUT2D eigenvalue weighted by atomic mass is 79.9. The van der Waals surface area contributed by atoms with Gasteiger partial charge in [-0.25, -0.2) is 8.42 Å². The van der Waals surface area contributed by atoms with Crippen molar-refractivity contribution in [3.8, 4) is 0 Å². The van der Waals surface area contributed by atoms with Crippen LogP contribution in [0.25, 0.3) is 0 Å². The average Bonchev–Trinajstić information content (AvgIpc) is 2.19. The van der Waals surface area contributed by atoms with Crippen molar-refractivity contribution in [2.75, 3.05) is 25.4 Å². The van der Waals surface area contributed by atoms with Crippen molar-refractivity contribution in [1.29, 1.82) is 0 Å². The van der Waals surface area contributed by atoms with E-state index in [1.54, 1.807) is 12.1 Å². The third-order valence-corrected chi connectivity index (χ3v) is 5.16. The van der Waals surface area contributed by atoms with Gasteiger partial charge in [0.25, 0.3) is 0 Å². The molecule has 0 unspecified atom stereocenters. The second-order valence-corrected chi connectivity index (χ2v) is 6.87. The van der Waals surface area contributed by atoms with Crippen LogP contribution in [-0.2, 0) is 10.0 Å². The van der Waals surface area contributed by atoms with Crippen molar-refractivity contribution in [2.45, 2.75) is 4.90 Å². The second-order valence-electron chi connectivity index (χ2n) is 4.05. The number of halogens is 1. The average molecular weight is 321 g/mol. The maximum absolute atomic E-state index is 12.2. The third-order valence-electron chi connectivity index (χ3n) is 2.78. The van der Waals surface area contributed by atoms with Gasteiger partial charge in [-0.1, -0.05) is 15.9 Å². The highest BCUT2D eigenvalue weighted by Crippen LogP contribution is 2.30. The Hall–Kier alpha value is -0.630. The van der Waals surface area contributed by atoms with Crippen LogP contribution >= 0.6 is 15.9 Å². The SMILES string of the molecule is Nc1ccc(Br)cc1S(=O)(=O)N1CC(CO)C1. The van der Waals surface area contributed by atoms with Gasteiger partial charge in [-0.05, 0) is 18.2 Å². The molecular formula is C10H13BrN2O3S. The molecule has 1 saturated heterocycles. The van der Waals surface area contributed by atoms with Gasteiger partial charge in [-0.2, -0.15) is 4.31 Å². The van der Waals surface area contributed by atoms with Gasteiger partial charge in [-0.15, -0.1) is 0 Å². The van der Waals surface area contributed by atoms with Gasteiger partial charge in [0.05, 0.1) is 5.69 Å². The molecule has 3 N–H and O–H groups in total. The summed E-state index contributed by atoms with van der Waals surface area (Å²) in [6.45, 7) is 0.718. The Morgan fingerprint density at radius 2 is 2.12 bits per heavy atom. The number of aliphatic hydroxyl groups excluding tert-OH is 1. The number of anilines is 1. The van der Waals surface area contributed by atoms with E-state index in [0.717, 1.165) is 0 Å². The highest BCUT2D eigenvalue weighted by Gasteiger charge is 2.37. The van der Waals surface area contributed by atoms with E-state index in [9.17, 15) is 8.42 Å². The maximum atomic E-state index is 12.2. The molecule has 0 amide bonds. The van der Waals surface area contributed by atoms with Crippen LogP contribution in [0.3, 0.4) is 0 Å². The van der Waals surface area contributed by atoms with E-state index in [0.29, 0.717) is 17.6 Å². The fraction of sp³-hybridized carbons (Fsp3) is 0.400. The topological polar surface area (TPSA) is 83.6 Å². The molecule has 1 aliphatic rings. The molecule has 1 aliphatic heterocycles. The quantitative estimate of drug-likeness (QED) is 0.801. The Bertz CT molecular complexity index is 526. The van der Waals surface area contributed by atoms with Gasteiger partial charge in [0.2, 0.25) is 10.0 Å². The Morgan fingerprint density at radius 3 is 2.71 bits per heavy atom. The second kappa shape index (κ2) is 4.56. The summed E-state index contributed by atoms with van der Waals surface area (Å²) in [5.74, 6) is 0.0400. The van der Waals surface area contributed by atoms with Gasteiger partial charge in [-0.3, -0.25) is 0 Å². The monoisotopic (exact) mass is 320 g/mol. The van der Waals surface area contributed by atoms with Gasteiger partial charge in [0.1, 0.15) is 4.90 Å². The Balaban J connectivity index is 2.30. The molecule has 1 heterocycles. The maximum Gasteiger partial charge on any atom is 0.245 e. The molecule has 0 aliphatic carbocycles. The standard InChI is InChI=1S/C10H13BrN2O3S/c11-8-1-2-9(12)10(3-8)17(15,16)13-4-7(5-13)6-14/h1-3,7,14H,4-6,12H2. The van der Waals surface area contributed by atoms with Gasteiger partial charge >= 0.3 is 0 Å². The fourth-order valence-electron chi connectivity index (χ4n) is 1.70. The number of aliphatic hydroxyl groups is 1. The molecule has 17 heavy (non-hydrogen) atoms. The van der Waals surface area contributed by atoms with Crippen molar-refractivity contribution in [1.82, 2.24) is 4.31 Å². The van der Waals surface area contributed by atoms with Crippen molar-refractivity contribution in [3.05, 3.63) is 22.7 Å². The summed E-state index contributed by atoms with van der Waals surface area (Å²) in [6.07, 6.45) is 0. The number of sulfonamides is 1. The van der Waals surface area contributed by atoms with Crippen molar-refractivity contribution in [3.63, 3.8) is 0 Å². The van der Waals surface area contributed by atoms with Crippen LogP contribution in [0.1, 0.15) is 0 Å². The molecule has 0 spiro atoms. The van der Waals surface area contributed by atoms with Crippen LogP contribution in [0.15, 0.2) is 27.6 Å². The largest absolute Gasteiger partial charge is 0.398 e. The lowest BCUT2D eigenvalue weighted by atomic mass is 10.1. The molecule has 94 valence electrons. The number of nitrogens with two attached hydrogens (primary N) is 1. The molecule has 0 atom stereocenters. The minimum absolute atomic E-state index is 0.0139. The van der Waals surface area contributed by atoms with E-state index in [-0.39, 0.29) is 23.1 Å². The first kappa shape index (κ1) is 12.8. The highest BCUT2D eigenvalue weighted by molar-refractivity contribution is 9.10. The van der Waals surface area contributed by atoms with E-state index >= 15 is 0 Å². The predicted molar refractivity (Wildman–Crippen MR) is 67.9 cm³/mol. The molecule has 0 bridgehead atoms. The Kier molecular flexibility index (Phi) is 3.44. The van der Waals surface area contributed by atoms with Gasteiger partial charge in [0, 0.05) is 30.1 Å². The van der Waals surface area contributed by atoms with Crippen LogP contribution in [0, 0.1) is 5.92 Å². The molecule has 2 rings (SSSR count). The molecule has 0 radical (unpaired) electrons. The van der Waals surface area contributed by atoms with E-state index in [1.165, 1.54) is 10.4 Å². The zero-order valence-electron chi connectivity index (χ0n) is 9.01. The predicted octanol–water partition coefficient (Wildman–Crippen LogP) is 0.644. The number of rotatable bonds is 3. The lowest BCUT2D eigenvalue weighted by Gasteiger charge is -2.37. The van der Waals surface area contributed by atoms with Crippen LogP contribution in [0.5, 0.6) is 0 Å². The number of nitrogens with zero attached hydrogens (tertiary/aromatic N) is 1. The summed E-state index contributed by atoms with van der Waals surface area (Å²) >= 11 is 3.22. The van der Waals surface area contributed by atoms with Gasteiger partial charge < -0.3 is 10.8 Å². The summed E-state index contributed by atoms with van der Waals surface area (Å²) in [4.78, 5) is 0.114. The molecule has 5 nitrogen and oxygen atoms in total. The zero-order valence-corrected chi connectivity index (χ0v) is 11.4. The van der Waals surface area contributed by atoms with Gasteiger partial charge in [0.15, 0.2) is 0 Å². The molecule has 7 heteroatoms. The van der Waals surface area contributed by atoms with E-state index < -0.39 is 10.0 Å². The Morgan fingerprint density at radius 1 is 1.47 bits per heavy atom. The summed E-state index contributed by atoms with van der Waals surface area (Å²) in [6, 6.07) is 4.75. The zero-order chi connectivity index (χ0) is 12.6. The summed E-state index contributed by atoms with van der Waals surface area (Å²) in [7, 11) is -3.53. The smallest absolute Gasteiger partial charge is 0.245 e. The summed E-state index contributed by atoms with van der Waals surface area (Å²) in [5, 5.41) is 8.89. The third kappa shape index (κ3) is 2.33. The lowest BCUT2D eigenvalue weighted by Crippen LogP contribution is -2.51. The molecular weight excluding hydrogens is 308 g/mol. The Labute approximate surface area is 108 Å². The fourth-order valence-corrected chi connectivity index (χ4v) is 3.95. The first-order valence-electron chi connectivity index (χ1n) is 5.11. The first-order valence-corrected chi connectivity index (χ1v) is 7.34. The summed E-state index contributed by atoms with van der Waals surface area (Å²) < 4.78 is 26.4. The summed E-state index contributed by atoms with van der Waals surface area (Å²) in [5.41, 5.74) is 5.92. The van der Waals surface area contributed by atoms with E-state index in [4.69, 9.17) is 10.8 Å². The number of nitrogen functional groups attached to an aromatic ring is 1. The molecule has 1 aromatic carbocycles. The van der Waals surface area contributed by atoms with Crippen LogP contribution in [0.4, 0.5) is 5.69 Å². The molecule has 0 aromatic heterocycles. The molecule has 1 aromatic rings. The van der Waals surface area contributed by atoms with Crippen LogP contribution < -0.4 is 5.73 Å². The van der Waals surface area contributed by atoms with Crippen molar-refractivity contribution < 1.29 is 13.5 Å². The van der Waals surface area contributed by atoms with E-state index in [1.807, 2.05) is 0 Å². The normalized spacial score (nSPS) is 18.0. The molecule has 1 fully saturated rings. The number of benzene rings is 1.